The molecule has 2 N–H and O–H groups in total. The molecule has 112 valence electrons. The number of carbonyl (C=O) groups excluding carboxylic acids is 2. The highest BCUT2D eigenvalue weighted by molar-refractivity contribution is 5.94. The second kappa shape index (κ2) is 7.78. The third kappa shape index (κ3) is 4.59. The minimum Gasteiger partial charge on any atom is -0.355 e. The van der Waals surface area contributed by atoms with Crippen molar-refractivity contribution in [2.75, 3.05) is 7.05 Å². The maximum Gasteiger partial charge on any atom is 0.251 e. The first-order chi connectivity index (χ1) is 10.7. The van der Waals surface area contributed by atoms with Crippen LogP contribution < -0.4 is 10.6 Å². The van der Waals surface area contributed by atoms with Crippen molar-refractivity contribution in [2.45, 2.75) is 6.54 Å². The van der Waals surface area contributed by atoms with Crippen molar-refractivity contribution in [1.29, 1.82) is 0 Å². The third-order valence-electron chi connectivity index (χ3n) is 3.14. The monoisotopic (exact) mass is 294 g/mol. The minimum atomic E-state index is -0.153. The maximum atomic E-state index is 11.7. The van der Waals surface area contributed by atoms with E-state index in [1.165, 1.54) is 6.08 Å². The summed E-state index contributed by atoms with van der Waals surface area (Å²) < 4.78 is 0. The molecule has 0 saturated carbocycles. The second-order valence-electron chi connectivity index (χ2n) is 4.74. The first-order valence-corrected chi connectivity index (χ1v) is 7.01. The van der Waals surface area contributed by atoms with Crippen LogP contribution >= 0.6 is 0 Å². The molecule has 0 saturated heterocycles. The van der Waals surface area contributed by atoms with E-state index in [0.717, 1.165) is 11.1 Å². The summed E-state index contributed by atoms with van der Waals surface area (Å²) in [6, 6.07) is 16.8. The Hall–Kier alpha value is -2.88. The number of nitrogens with one attached hydrogen (secondary N) is 2. The van der Waals surface area contributed by atoms with Crippen LogP contribution in [0.5, 0.6) is 0 Å². The standard InChI is InChI=1S/C18H18N2O2/c1-19-18(22)16-10-7-15(8-11-16)13-20-17(21)12-9-14-5-3-2-4-6-14/h2-12H,13H2,1H3,(H,19,22)(H,20,21)/b12-9+. The van der Waals surface area contributed by atoms with Crippen molar-refractivity contribution in [3.63, 3.8) is 0 Å². The van der Waals surface area contributed by atoms with Gasteiger partial charge in [-0.1, -0.05) is 42.5 Å². The molecule has 2 amide bonds. The lowest BCUT2D eigenvalue weighted by atomic mass is 10.1. The lowest BCUT2D eigenvalue weighted by molar-refractivity contribution is -0.116. The van der Waals surface area contributed by atoms with Gasteiger partial charge in [0.05, 0.1) is 0 Å². The Morgan fingerprint density at radius 2 is 1.68 bits per heavy atom. The highest BCUT2D eigenvalue weighted by atomic mass is 16.2. The predicted molar refractivity (Wildman–Crippen MR) is 87.2 cm³/mol. The van der Waals surface area contributed by atoms with Crippen LogP contribution in [0.1, 0.15) is 21.5 Å². The minimum absolute atomic E-state index is 0.124. The summed E-state index contributed by atoms with van der Waals surface area (Å²) in [4.78, 5) is 23.2. The average Bonchev–Trinajstić information content (AvgIpc) is 2.58. The molecule has 0 fully saturated rings. The zero-order chi connectivity index (χ0) is 15.8. The first kappa shape index (κ1) is 15.5. The highest BCUT2D eigenvalue weighted by Gasteiger charge is 2.02. The predicted octanol–water partition coefficient (Wildman–Crippen LogP) is 2.38. The van der Waals surface area contributed by atoms with Crippen molar-refractivity contribution in [2.24, 2.45) is 0 Å². The molecular weight excluding hydrogens is 276 g/mol. The van der Waals surface area contributed by atoms with Crippen LogP contribution in [0.2, 0.25) is 0 Å². The Morgan fingerprint density at radius 1 is 1.00 bits per heavy atom. The van der Waals surface area contributed by atoms with Crippen LogP contribution in [0.4, 0.5) is 0 Å². The zero-order valence-corrected chi connectivity index (χ0v) is 12.4. The Labute approximate surface area is 129 Å². The third-order valence-corrected chi connectivity index (χ3v) is 3.14. The van der Waals surface area contributed by atoms with E-state index in [4.69, 9.17) is 0 Å². The summed E-state index contributed by atoms with van der Waals surface area (Å²) >= 11 is 0. The topological polar surface area (TPSA) is 58.2 Å². The number of rotatable bonds is 5. The van der Waals surface area contributed by atoms with Crippen molar-refractivity contribution in [3.8, 4) is 0 Å². The Bertz CT molecular complexity index is 661. The van der Waals surface area contributed by atoms with Crippen LogP contribution in [-0.2, 0) is 11.3 Å². The number of hydrogen-bond acceptors (Lipinski definition) is 2. The van der Waals surface area contributed by atoms with Gasteiger partial charge in [-0.15, -0.1) is 0 Å². The van der Waals surface area contributed by atoms with E-state index >= 15 is 0 Å². The fraction of sp³-hybridized carbons (Fsp3) is 0.111. The van der Waals surface area contributed by atoms with E-state index < -0.39 is 0 Å². The highest BCUT2D eigenvalue weighted by Crippen LogP contribution is 2.04. The van der Waals surface area contributed by atoms with Crippen LogP contribution in [0, 0.1) is 0 Å². The van der Waals surface area contributed by atoms with Gasteiger partial charge in [-0.05, 0) is 29.3 Å². The number of benzene rings is 2. The number of amides is 2. The smallest absolute Gasteiger partial charge is 0.251 e. The largest absolute Gasteiger partial charge is 0.355 e. The summed E-state index contributed by atoms with van der Waals surface area (Å²) in [5, 5.41) is 5.37. The van der Waals surface area contributed by atoms with E-state index in [1.807, 2.05) is 42.5 Å². The quantitative estimate of drug-likeness (QED) is 0.832. The lowest BCUT2D eigenvalue weighted by Gasteiger charge is -2.04. The molecular formula is C18H18N2O2. The van der Waals surface area contributed by atoms with Crippen LogP contribution in [0.15, 0.2) is 60.7 Å². The fourth-order valence-electron chi connectivity index (χ4n) is 1.90. The van der Waals surface area contributed by atoms with Crippen molar-refractivity contribution < 1.29 is 9.59 Å². The van der Waals surface area contributed by atoms with Crippen molar-refractivity contribution in [1.82, 2.24) is 10.6 Å². The van der Waals surface area contributed by atoms with Gasteiger partial charge in [-0.25, -0.2) is 0 Å². The molecule has 2 rings (SSSR count). The number of hydrogen-bond donors (Lipinski definition) is 2. The molecule has 4 nitrogen and oxygen atoms in total. The second-order valence-corrected chi connectivity index (χ2v) is 4.74. The van der Waals surface area contributed by atoms with Gasteiger partial charge < -0.3 is 10.6 Å². The van der Waals surface area contributed by atoms with Gasteiger partial charge in [0, 0.05) is 25.2 Å². The van der Waals surface area contributed by atoms with Gasteiger partial charge in [0.1, 0.15) is 0 Å². The summed E-state index contributed by atoms with van der Waals surface area (Å²) in [6.07, 6.45) is 3.28. The SMILES string of the molecule is CNC(=O)c1ccc(CNC(=O)/C=C/c2ccccc2)cc1. The number of carbonyl (C=O) groups is 2. The maximum absolute atomic E-state index is 11.7. The molecule has 0 aliphatic heterocycles. The van der Waals surface area contributed by atoms with Gasteiger partial charge >= 0.3 is 0 Å². The van der Waals surface area contributed by atoms with Gasteiger partial charge in [-0.2, -0.15) is 0 Å². The molecule has 0 unspecified atom stereocenters. The molecule has 2 aromatic carbocycles. The van der Waals surface area contributed by atoms with E-state index in [0.29, 0.717) is 12.1 Å². The van der Waals surface area contributed by atoms with E-state index in [1.54, 1.807) is 25.3 Å². The zero-order valence-electron chi connectivity index (χ0n) is 12.4. The lowest BCUT2D eigenvalue weighted by Crippen LogP contribution is -2.20. The fourth-order valence-corrected chi connectivity index (χ4v) is 1.90. The Morgan fingerprint density at radius 3 is 2.32 bits per heavy atom. The molecule has 2 aromatic rings. The summed E-state index contributed by atoms with van der Waals surface area (Å²) in [6.45, 7) is 0.423. The van der Waals surface area contributed by atoms with Gasteiger partial charge in [0.15, 0.2) is 0 Å². The van der Waals surface area contributed by atoms with Crippen LogP contribution in [-0.4, -0.2) is 18.9 Å². The van der Waals surface area contributed by atoms with Crippen molar-refractivity contribution in [3.05, 3.63) is 77.4 Å². The molecule has 22 heavy (non-hydrogen) atoms. The Kier molecular flexibility index (Phi) is 5.49. The molecule has 0 bridgehead atoms. The van der Waals surface area contributed by atoms with Crippen LogP contribution in [0.25, 0.3) is 6.08 Å². The van der Waals surface area contributed by atoms with Gasteiger partial charge in [-0.3, -0.25) is 9.59 Å². The van der Waals surface area contributed by atoms with Gasteiger partial charge in [0.2, 0.25) is 5.91 Å². The molecule has 0 aliphatic rings. The molecule has 0 aliphatic carbocycles. The molecule has 0 atom stereocenters. The summed E-state index contributed by atoms with van der Waals surface area (Å²) in [5.74, 6) is -0.277. The average molecular weight is 294 g/mol. The Balaban J connectivity index is 1.86. The molecule has 0 spiro atoms. The van der Waals surface area contributed by atoms with Crippen molar-refractivity contribution >= 4 is 17.9 Å². The van der Waals surface area contributed by atoms with E-state index in [-0.39, 0.29) is 11.8 Å². The van der Waals surface area contributed by atoms with E-state index in [9.17, 15) is 9.59 Å². The molecule has 4 heteroatoms. The molecule has 0 radical (unpaired) electrons. The van der Waals surface area contributed by atoms with E-state index in [2.05, 4.69) is 10.6 Å². The van der Waals surface area contributed by atoms with Crippen LogP contribution in [0.3, 0.4) is 0 Å². The first-order valence-electron chi connectivity index (χ1n) is 7.01. The molecule has 0 heterocycles. The molecule has 0 aromatic heterocycles. The van der Waals surface area contributed by atoms with Gasteiger partial charge in [0.25, 0.3) is 5.91 Å². The normalized spacial score (nSPS) is 10.4. The summed E-state index contributed by atoms with van der Waals surface area (Å²) in [7, 11) is 1.59. The summed E-state index contributed by atoms with van der Waals surface area (Å²) in [5.41, 5.74) is 2.52.